The number of anilines is 2. The SMILES string of the molecule is CCOC(=O)c1cc2c(N3CCCC(Cc4ccc([N+](=O)[O-])c(N)n4)C3)nc(-c3ccc(Cl)cc3Cl)cn2n1. The Bertz CT molecular complexity index is 1580. The zero-order valence-corrected chi connectivity index (χ0v) is 22.5. The highest BCUT2D eigenvalue weighted by Crippen LogP contribution is 2.34. The van der Waals surface area contributed by atoms with Gasteiger partial charge in [0.2, 0.25) is 5.82 Å². The summed E-state index contributed by atoms with van der Waals surface area (Å²) in [5.41, 5.74) is 8.39. The fourth-order valence-electron chi connectivity index (χ4n) is 4.84. The van der Waals surface area contributed by atoms with Gasteiger partial charge in [-0.15, -0.1) is 0 Å². The summed E-state index contributed by atoms with van der Waals surface area (Å²) < 4.78 is 6.78. The molecule has 1 fully saturated rings. The minimum atomic E-state index is -0.540. The molecule has 1 aromatic carbocycles. The molecule has 0 amide bonds. The van der Waals surface area contributed by atoms with Crippen LogP contribution < -0.4 is 10.6 Å². The number of ether oxygens (including phenoxy) is 1. The minimum absolute atomic E-state index is 0.0909. The smallest absolute Gasteiger partial charge is 0.358 e. The molecule has 0 radical (unpaired) electrons. The summed E-state index contributed by atoms with van der Waals surface area (Å²) in [4.78, 5) is 34.4. The Labute approximate surface area is 233 Å². The molecule has 2 N–H and O–H groups in total. The predicted octanol–water partition coefficient (Wildman–Crippen LogP) is 5.22. The van der Waals surface area contributed by atoms with Crippen LogP contribution in [0.5, 0.6) is 0 Å². The van der Waals surface area contributed by atoms with E-state index >= 15 is 0 Å². The van der Waals surface area contributed by atoms with Crippen LogP contribution in [0.15, 0.2) is 42.6 Å². The van der Waals surface area contributed by atoms with Gasteiger partial charge in [0.25, 0.3) is 0 Å². The van der Waals surface area contributed by atoms with E-state index in [1.807, 2.05) is 0 Å². The molecule has 0 spiro atoms. The number of carbonyl (C=O) groups is 1. The van der Waals surface area contributed by atoms with Gasteiger partial charge >= 0.3 is 11.7 Å². The fraction of sp³-hybridized carbons (Fsp3) is 0.308. The number of fused-ring (bicyclic) bond motifs is 1. The minimum Gasteiger partial charge on any atom is -0.461 e. The average Bonchev–Trinajstić information content (AvgIpc) is 3.33. The number of carbonyl (C=O) groups excluding carboxylic acids is 1. The highest BCUT2D eigenvalue weighted by atomic mass is 35.5. The van der Waals surface area contributed by atoms with E-state index in [1.165, 1.54) is 6.07 Å². The topological polar surface area (TPSA) is 142 Å². The predicted molar refractivity (Wildman–Crippen MR) is 148 cm³/mol. The lowest BCUT2D eigenvalue weighted by Crippen LogP contribution is -2.37. The molecule has 5 rings (SSSR count). The number of piperidine rings is 1. The molecular weight excluding hydrogens is 545 g/mol. The molecule has 0 bridgehead atoms. The summed E-state index contributed by atoms with van der Waals surface area (Å²) in [6, 6.07) is 9.90. The molecule has 4 heterocycles. The summed E-state index contributed by atoms with van der Waals surface area (Å²) in [5, 5.41) is 16.5. The first-order valence-electron chi connectivity index (χ1n) is 12.4. The number of nitrogen functional groups attached to an aromatic ring is 1. The third kappa shape index (κ3) is 5.59. The van der Waals surface area contributed by atoms with Crippen molar-refractivity contribution in [2.45, 2.75) is 26.2 Å². The van der Waals surface area contributed by atoms with Crippen LogP contribution >= 0.6 is 23.2 Å². The van der Waals surface area contributed by atoms with Crippen LogP contribution in [0.25, 0.3) is 16.8 Å². The third-order valence-electron chi connectivity index (χ3n) is 6.60. The lowest BCUT2D eigenvalue weighted by Gasteiger charge is -2.34. The number of benzene rings is 1. The first kappa shape index (κ1) is 26.6. The lowest BCUT2D eigenvalue weighted by atomic mass is 9.93. The number of rotatable bonds is 7. The number of esters is 1. The van der Waals surface area contributed by atoms with Crippen molar-refractivity contribution in [3.05, 3.63) is 74.1 Å². The number of nitrogens with zero attached hydrogens (tertiary/aromatic N) is 6. The standard InChI is InChI=1S/C26H25Cl2N7O4/c1-2-39-26(36)20-12-23-25(31-21(14-34(23)32-20)18-7-5-16(27)11-19(18)28)33-9-3-4-15(13-33)10-17-6-8-22(35(37)38)24(29)30-17/h5-8,11-12,14-15H,2-4,9-10,13H2,1H3,(H2,29,30). The molecule has 3 aromatic heterocycles. The molecule has 1 saturated heterocycles. The fourth-order valence-corrected chi connectivity index (χ4v) is 5.34. The number of hydrogen-bond donors (Lipinski definition) is 1. The summed E-state index contributed by atoms with van der Waals surface area (Å²) in [5.74, 6) is 0.245. The van der Waals surface area contributed by atoms with Crippen molar-refractivity contribution in [2.75, 3.05) is 30.3 Å². The number of hydrogen-bond acceptors (Lipinski definition) is 9. The van der Waals surface area contributed by atoms with Gasteiger partial charge in [0, 0.05) is 41.5 Å². The van der Waals surface area contributed by atoms with Gasteiger partial charge in [-0.05, 0) is 56.4 Å². The maximum atomic E-state index is 12.5. The molecular formula is C26H25Cl2N7O4. The monoisotopic (exact) mass is 569 g/mol. The van der Waals surface area contributed by atoms with E-state index in [9.17, 15) is 14.9 Å². The molecule has 4 aromatic rings. The van der Waals surface area contributed by atoms with E-state index < -0.39 is 10.9 Å². The Balaban J connectivity index is 1.51. The van der Waals surface area contributed by atoms with Crippen molar-refractivity contribution in [1.82, 2.24) is 19.6 Å². The first-order valence-corrected chi connectivity index (χ1v) is 13.2. The van der Waals surface area contributed by atoms with Crippen molar-refractivity contribution in [1.29, 1.82) is 0 Å². The van der Waals surface area contributed by atoms with Crippen LogP contribution in [-0.2, 0) is 11.2 Å². The summed E-state index contributed by atoms with van der Waals surface area (Å²) in [6.45, 7) is 3.37. The zero-order valence-electron chi connectivity index (χ0n) is 21.0. The second kappa shape index (κ2) is 11.0. The van der Waals surface area contributed by atoms with E-state index in [-0.39, 0.29) is 29.7 Å². The molecule has 13 heteroatoms. The molecule has 1 aliphatic rings. The highest BCUT2D eigenvalue weighted by Gasteiger charge is 2.26. The number of pyridine rings is 1. The van der Waals surface area contributed by atoms with Crippen molar-refractivity contribution >= 4 is 52.0 Å². The van der Waals surface area contributed by atoms with Crippen LogP contribution in [0.1, 0.15) is 35.9 Å². The molecule has 1 atom stereocenters. The molecule has 11 nitrogen and oxygen atoms in total. The Morgan fingerprint density at radius 1 is 1.23 bits per heavy atom. The largest absolute Gasteiger partial charge is 0.461 e. The Hall–Kier alpha value is -3.96. The van der Waals surface area contributed by atoms with Crippen LogP contribution in [0, 0.1) is 16.0 Å². The van der Waals surface area contributed by atoms with Crippen molar-refractivity contribution in [3.63, 3.8) is 0 Å². The molecule has 202 valence electrons. The van der Waals surface area contributed by atoms with Gasteiger partial charge in [-0.3, -0.25) is 10.1 Å². The highest BCUT2D eigenvalue weighted by molar-refractivity contribution is 6.36. The second-order valence-electron chi connectivity index (χ2n) is 9.28. The number of nitro groups is 1. The maximum absolute atomic E-state index is 12.5. The van der Waals surface area contributed by atoms with Gasteiger partial charge in [-0.1, -0.05) is 23.2 Å². The Morgan fingerprint density at radius 2 is 2.05 bits per heavy atom. The van der Waals surface area contributed by atoms with Crippen LogP contribution in [0.2, 0.25) is 10.0 Å². The molecule has 39 heavy (non-hydrogen) atoms. The van der Waals surface area contributed by atoms with Crippen molar-refractivity contribution < 1.29 is 14.5 Å². The molecule has 0 saturated carbocycles. The molecule has 0 aliphatic carbocycles. The average molecular weight is 570 g/mol. The maximum Gasteiger partial charge on any atom is 0.358 e. The van der Waals surface area contributed by atoms with Gasteiger partial charge in [0.1, 0.15) is 5.52 Å². The first-order chi connectivity index (χ1) is 18.7. The molecule has 1 aliphatic heterocycles. The number of nitrogens with two attached hydrogens (primary N) is 1. The third-order valence-corrected chi connectivity index (χ3v) is 7.15. The second-order valence-corrected chi connectivity index (χ2v) is 10.1. The van der Waals surface area contributed by atoms with Gasteiger partial charge in [0.05, 0.1) is 28.4 Å². The van der Waals surface area contributed by atoms with E-state index in [0.717, 1.165) is 19.4 Å². The summed E-state index contributed by atoms with van der Waals surface area (Å²) in [6.07, 6.45) is 4.17. The van der Waals surface area contributed by atoms with E-state index in [4.69, 9.17) is 38.7 Å². The van der Waals surface area contributed by atoms with Crippen molar-refractivity contribution in [2.24, 2.45) is 5.92 Å². The number of aromatic nitrogens is 4. The van der Waals surface area contributed by atoms with Crippen molar-refractivity contribution in [3.8, 4) is 11.3 Å². The Morgan fingerprint density at radius 3 is 2.77 bits per heavy atom. The van der Waals surface area contributed by atoms with Gasteiger partial charge < -0.3 is 15.4 Å². The molecule has 1 unspecified atom stereocenters. The number of halogens is 2. The normalized spacial score (nSPS) is 15.5. The van der Waals surface area contributed by atoms with Gasteiger partial charge in [-0.25, -0.2) is 19.3 Å². The van der Waals surface area contributed by atoms with E-state index in [0.29, 0.717) is 51.3 Å². The lowest BCUT2D eigenvalue weighted by molar-refractivity contribution is -0.384. The summed E-state index contributed by atoms with van der Waals surface area (Å²) in [7, 11) is 0. The van der Waals surface area contributed by atoms with Gasteiger partial charge in [0.15, 0.2) is 11.5 Å². The quantitative estimate of drug-likeness (QED) is 0.180. The van der Waals surface area contributed by atoms with Gasteiger partial charge in [-0.2, -0.15) is 5.10 Å². The van der Waals surface area contributed by atoms with E-state index in [1.54, 1.807) is 48.0 Å². The van der Waals surface area contributed by atoms with Crippen LogP contribution in [-0.4, -0.2) is 50.2 Å². The van der Waals surface area contributed by atoms with Crippen LogP contribution in [0.3, 0.4) is 0 Å². The summed E-state index contributed by atoms with van der Waals surface area (Å²) >= 11 is 12.6. The van der Waals surface area contributed by atoms with Crippen LogP contribution in [0.4, 0.5) is 17.3 Å². The van der Waals surface area contributed by atoms with E-state index in [2.05, 4.69) is 15.0 Å². The Kier molecular flexibility index (Phi) is 7.53. The zero-order chi connectivity index (χ0) is 27.7.